The highest BCUT2D eigenvalue weighted by Crippen LogP contribution is 2.41. The summed E-state index contributed by atoms with van der Waals surface area (Å²) in [6, 6.07) is 5.59. The van der Waals surface area contributed by atoms with E-state index in [0.717, 1.165) is 5.69 Å². The fraction of sp³-hybridized carbons (Fsp3) is 0.611. The fourth-order valence-corrected chi connectivity index (χ4v) is 3.66. The normalized spacial score (nSPS) is 27.3. The van der Waals surface area contributed by atoms with Crippen LogP contribution in [0, 0.1) is 11.8 Å². The molecule has 2 amide bonds. The van der Waals surface area contributed by atoms with Crippen LogP contribution in [-0.2, 0) is 25.6 Å². The summed E-state index contributed by atoms with van der Waals surface area (Å²) in [7, 11) is 0. The van der Waals surface area contributed by atoms with E-state index < -0.39 is 5.79 Å². The SMILES string of the molecule is O=C(NCc1ccccn1)C1CC1C(=O)N1CCC2(CC1)OCCO2. The van der Waals surface area contributed by atoms with Crippen molar-refractivity contribution in [2.45, 2.75) is 31.6 Å². The van der Waals surface area contributed by atoms with Gasteiger partial charge < -0.3 is 19.7 Å². The number of rotatable bonds is 4. The quantitative estimate of drug-likeness (QED) is 0.869. The number of carbonyl (C=O) groups is 2. The van der Waals surface area contributed by atoms with Gasteiger partial charge in [-0.25, -0.2) is 0 Å². The van der Waals surface area contributed by atoms with E-state index in [1.807, 2.05) is 23.1 Å². The Bertz CT molecular complexity index is 635. The molecule has 7 nitrogen and oxygen atoms in total. The predicted octanol–water partition coefficient (Wildman–Crippen LogP) is 0.699. The zero-order valence-electron chi connectivity index (χ0n) is 14.1. The van der Waals surface area contributed by atoms with E-state index >= 15 is 0 Å². The number of piperidine rings is 1. The van der Waals surface area contributed by atoms with E-state index in [9.17, 15) is 9.59 Å². The van der Waals surface area contributed by atoms with Gasteiger partial charge in [0, 0.05) is 32.1 Å². The highest BCUT2D eigenvalue weighted by Gasteiger charge is 2.51. The minimum Gasteiger partial charge on any atom is -0.350 e. The van der Waals surface area contributed by atoms with E-state index in [-0.39, 0.29) is 23.7 Å². The fourth-order valence-electron chi connectivity index (χ4n) is 3.66. The second-order valence-electron chi connectivity index (χ2n) is 6.92. The third-order valence-corrected chi connectivity index (χ3v) is 5.26. The lowest BCUT2D eigenvalue weighted by Crippen LogP contribution is -2.48. The van der Waals surface area contributed by atoms with Crippen LogP contribution in [0.4, 0.5) is 0 Å². The van der Waals surface area contributed by atoms with Gasteiger partial charge in [-0.1, -0.05) is 6.07 Å². The van der Waals surface area contributed by atoms with Gasteiger partial charge in [-0.05, 0) is 18.6 Å². The van der Waals surface area contributed by atoms with Gasteiger partial charge in [0.15, 0.2) is 5.79 Å². The average molecular weight is 345 g/mol. The van der Waals surface area contributed by atoms with Gasteiger partial charge in [0.2, 0.25) is 11.8 Å². The molecule has 1 aromatic rings. The Morgan fingerprint density at radius 2 is 1.96 bits per heavy atom. The van der Waals surface area contributed by atoms with Crippen molar-refractivity contribution in [3.8, 4) is 0 Å². The Labute approximate surface area is 146 Å². The number of amides is 2. The third-order valence-electron chi connectivity index (χ3n) is 5.26. The molecule has 3 fully saturated rings. The standard InChI is InChI=1S/C18H23N3O4/c22-16(20-12-13-3-1-2-6-19-13)14-11-15(14)17(23)21-7-4-18(5-8-21)24-9-10-25-18/h1-3,6,14-15H,4-5,7-12H2,(H,20,22). The molecule has 0 bridgehead atoms. The van der Waals surface area contributed by atoms with E-state index in [0.29, 0.717) is 52.1 Å². The molecule has 2 atom stereocenters. The number of carbonyl (C=O) groups excluding carboxylic acids is 2. The molecule has 0 aromatic carbocycles. The van der Waals surface area contributed by atoms with Crippen molar-refractivity contribution >= 4 is 11.8 Å². The van der Waals surface area contributed by atoms with E-state index in [4.69, 9.17) is 9.47 Å². The first-order chi connectivity index (χ1) is 12.2. The van der Waals surface area contributed by atoms with Crippen LogP contribution in [0.15, 0.2) is 24.4 Å². The van der Waals surface area contributed by atoms with Crippen molar-refractivity contribution in [3.05, 3.63) is 30.1 Å². The Morgan fingerprint density at radius 1 is 1.20 bits per heavy atom. The van der Waals surface area contributed by atoms with Crippen LogP contribution >= 0.6 is 0 Å². The van der Waals surface area contributed by atoms with Gasteiger partial charge in [-0.15, -0.1) is 0 Å². The molecule has 2 aliphatic heterocycles. The molecular formula is C18H23N3O4. The van der Waals surface area contributed by atoms with Gasteiger partial charge in [0.05, 0.1) is 37.3 Å². The second kappa shape index (κ2) is 6.72. The van der Waals surface area contributed by atoms with Crippen LogP contribution in [0.2, 0.25) is 0 Å². The van der Waals surface area contributed by atoms with Crippen LogP contribution in [0.25, 0.3) is 0 Å². The summed E-state index contributed by atoms with van der Waals surface area (Å²) in [5.41, 5.74) is 0.817. The number of aromatic nitrogens is 1. The number of ether oxygens (including phenoxy) is 2. The molecule has 1 aromatic heterocycles. The van der Waals surface area contributed by atoms with Crippen molar-refractivity contribution in [1.29, 1.82) is 0 Å². The Balaban J connectivity index is 1.24. The monoisotopic (exact) mass is 345 g/mol. The first kappa shape index (κ1) is 16.5. The number of likely N-dealkylation sites (tertiary alicyclic amines) is 1. The Morgan fingerprint density at radius 3 is 2.64 bits per heavy atom. The van der Waals surface area contributed by atoms with Crippen molar-refractivity contribution in [2.24, 2.45) is 11.8 Å². The summed E-state index contributed by atoms with van der Waals surface area (Å²) in [6.07, 6.45) is 3.76. The molecule has 134 valence electrons. The van der Waals surface area contributed by atoms with E-state index in [1.165, 1.54) is 0 Å². The van der Waals surface area contributed by atoms with Crippen molar-refractivity contribution in [3.63, 3.8) is 0 Å². The summed E-state index contributed by atoms with van der Waals surface area (Å²) < 4.78 is 11.4. The lowest BCUT2D eigenvalue weighted by atomic mass is 10.0. The van der Waals surface area contributed by atoms with Gasteiger partial charge in [0.1, 0.15) is 0 Å². The van der Waals surface area contributed by atoms with Crippen molar-refractivity contribution < 1.29 is 19.1 Å². The summed E-state index contributed by atoms with van der Waals surface area (Å²) in [6.45, 7) is 2.94. The maximum Gasteiger partial charge on any atom is 0.226 e. The number of hydrogen-bond acceptors (Lipinski definition) is 5. The molecule has 4 rings (SSSR count). The summed E-state index contributed by atoms with van der Waals surface area (Å²) in [5.74, 6) is -0.820. The maximum atomic E-state index is 12.6. The molecule has 0 radical (unpaired) electrons. The molecule has 1 spiro atoms. The first-order valence-electron chi connectivity index (χ1n) is 8.91. The molecule has 2 unspecified atom stereocenters. The average Bonchev–Trinajstić information content (AvgIpc) is 3.34. The molecule has 1 saturated carbocycles. The highest BCUT2D eigenvalue weighted by atomic mass is 16.7. The second-order valence-corrected chi connectivity index (χ2v) is 6.92. The van der Waals surface area contributed by atoms with Crippen molar-refractivity contribution in [1.82, 2.24) is 15.2 Å². The van der Waals surface area contributed by atoms with Crippen LogP contribution in [-0.4, -0.2) is 53.8 Å². The topological polar surface area (TPSA) is 80.8 Å². The molecule has 3 aliphatic rings. The summed E-state index contributed by atoms with van der Waals surface area (Å²) in [4.78, 5) is 30.9. The molecule has 1 N–H and O–H groups in total. The Kier molecular flexibility index (Phi) is 4.43. The maximum absolute atomic E-state index is 12.6. The Hall–Kier alpha value is -1.99. The van der Waals surface area contributed by atoms with Crippen LogP contribution in [0.3, 0.4) is 0 Å². The third kappa shape index (κ3) is 3.52. The van der Waals surface area contributed by atoms with Crippen LogP contribution in [0.5, 0.6) is 0 Å². The zero-order chi connectivity index (χ0) is 17.3. The van der Waals surface area contributed by atoms with E-state index in [1.54, 1.807) is 6.20 Å². The minimum atomic E-state index is -0.472. The van der Waals surface area contributed by atoms with Crippen LogP contribution in [0.1, 0.15) is 25.0 Å². The molecule has 7 heteroatoms. The lowest BCUT2D eigenvalue weighted by molar-refractivity contribution is -0.187. The lowest BCUT2D eigenvalue weighted by Gasteiger charge is -2.37. The van der Waals surface area contributed by atoms with Crippen LogP contribution < -0.4 is 5.32 Å². The number of hydrogen-bond donors (Lipinski definition) is 1. The molecule has 3 heterocycles. The predicted molar refractivity (Wildman–Crippen MR) is 88.1 cm³/mol. The van der Waals surface area contributed by atoms with Gasteiger partial charge >= 0.3 is 0 Å². The zero-order valence-corrected chi connectivity index (χ0v) is 14.1. The van der Waals surface area contributed by atoms with Crippen molar-refractivity contribution in [2.75, 3.05) is 26.3 Å². The number of nitrogens with zero attached hydrogens (tertiary/aromatic N) is 2. The van der Waals surface area contributed by atoms with Gasteiger partial charge in [-0.3, -0.25) is 14.6 Å². The summed E-state index contributed by atoms with van der Waals surface area (Å²) >= 11 is 0. The van der Waals surface area contributed by atoms with E-state index in [2.05, 4.69) is 10.3 Å². The molecule has 1 aliphatic carbocycles. The highest BCUT2D eigenvalue weighted by molar-refractivity contribution is 5.92. The van der Waals surface area contributed by atoms with Gasteiger partial charge in [-0.2, -0.15) is 0 Å². The molecule has 2 saturated heterocycles. The summed E-state index contributed by atoms with van der Waals surface area (Å²) in [5, 5.41) is 2.88. The number of nitrogens with one attached hydrogen (secondary N) is 1. The number of pyridine rings is 1. The molecular weight excluding hydrogens is 322 g/mol. The smallest absolute Gasteiger partial charge is 0.226 e. The first-order valence-corrected chi connectivity index (χ1v) is 8.91. The molecule has 25 heavy (non-hydrogen) atoms. The minimum absolute atomic E-state index is 0.0556. The largest absolute Gasteiger partial charge is 0.350 e. The van der Waals surface area contributed by atoms with Gasteiger partial charge in [0.25, 0.3) is 0 Å².